The van der Waals surface area contributed by atoms with E-state index in [0.29, 0.717) is 44.5 Å². The molecule has 13 heteroatoms. The summed E-state index contributed by atoms with van der Waals surface area (Å²) < 4.78 is 30.4. The maximum Gasteiger partial charge on any atom is 0.313 e. The van der Waals surface area contributed by atoms with Gasteiger partial charge in [-0.3, -0.25) is 19.2 Å². The zero-order valence-electron chi connectivity index (χ0n) is 48.4. The van der Waals surface area contributed by atoms with Crippen molar-refractivity contribution in [1.82, 2.24) is 0 Å². The average molecular weight is 1040 g/mol. The van der Waals surface area contributed by atoms with Gasteiger partial charge < -0.3 is 44.1 Å². The monoisotopic (exact) mass is 1040 g/mol. The molecule has 0 spiro atoms. The van der Waals surface area contributed by atoms with Crippen molar-refractivity contribution in [2.24, 2.45) is 0 Å². The Kier molecular flexibility index (Phi) is 19.6. The third-order valence-corrected chi connectivity index (χ3v) is 14.2. The van der Waals surface area contributed by atoms with Crippen LogP contribution in [0.2, 0.25) is 0 Å². The lowest BCUT2D eigenvalue weighted by molar-refractivity contribution is -0.170. The summed E-state index contributed by atoms with van der Waals surface area (Å²) >= 11 is 0. The summed E-state index contributed by atoms with van der Waals surface area (Å²) in [5.41, 5.74) is 6.61. The van der Waals surface area contributed by atoms with Gasteiger partial charge in [-0.25, -0.2) is 0 Å². The largest absolute Gasteiger partial charge is 0.508 e. The SMILES string of the molecule is Cc1c(O)ccc(C(C)C(=O)OCC(COCC(COC(=O)C(C)c2ccc(O)c(C)c2C(C)(C)C)OC(=O)C(C)c2ccc(O)c(C)c2C(C)(C)C)OC(=O)C(C)c2ccc(O)c(C)c2C(C)(C)C)c1C(C)(C)C. The smallest absolute Gasteiger partial charge is 0.313 e. The van der Waals surface area contributed by atoms with Crippen LogP contribution in [-0.4, -0.2) is 82.9 Å². The molecular formula is C62H86O13. The topological polar surface area (TPSA) is 195 Å². The summed E-state index contributed by atoms with van der Waals surface area (Å²) in [7, 11) is 0. The normalized spacial score (nSPS) is 14.8. The second-order valence-electron chi connectivity index (χ2n) is 24.5. The molecule has 4 aromatic rings. The third-order valence-electron chi connectivity index (χ3n) is 14.2. The molecule has 4 aromatic carbocycles. The molecule has 0 saturated carbocycles. The summed E-state index contributed by atoms with van der Waals surface area (Å²) in [6.45, 7) is 36.4. The van der Waals surface area contributed by atoms with Crippen molar-refractivity contribution in [2.75, 3.05) is 26.4 Å². The number of phenols is 4. The predicted molar refractivity (Wildman–Crippen MR) is 292 cm³/mol. The number of carbonyl (C=O) groups is 4. The Balaban J connectivity index is 1.71. The fourth-order valence-electron chi connectivity index (χ4n) is 10.5. The average Bonchev–Trinajstić information content (AvgIpc) is 3.29. The Labute approximate surface area is 446 Å². The minimum atomic E-state index is -1.18. The first-order valence-electron chi connectivity index (χ1n) is 26.0. The van der Waals surface area contributed by atoms with E-state index in [2.05, 4.69) is 0 Å². The van der Waals surface area contributed by atoms with Crippen LogP contribution >= 0.6 is 0 Å². The standard InChI is InChI=1S/C62H86O13/c1-33(43-21-25-47(63)37(5)51(43)59(9,10)11)55(67)72-31-41(74-57(69)35(3)45-23-27-49(65)39(7)53(45)61(15,16)17)29-71-30-42(75-58(70)36(4)46-24-28-50(66)40(8)54(46)62(18,19)20)32-73-56(68)34(2)44-22-26-48(64)38(6)52(44)60(12,13)14/h21-28,33-36,41-42,63-66H,29-32H2,1-20H3. The lowest BCUT2D eigenvalue weighted by atomic mass is 9.77. The van der Waals surface area contributed by atoms with Gasteiger partial charge in [0, 0.05) is 0 Å². The van der Waals surface area contributed by atoms with Crippen LogP contribution < -0.4 is 0 Å². The molecule has 75 heavy (non-hydrogen) atoms. The zero-order chi connectivity index (χ0) is 57.0. The Bertz CT molecular complexity index is 2540. The number of hydrogen-bond donors (Lipinski definition) is 4. The van der Waals surface area contributed by atoms with E-state index in [0.717, 1.165) is 22.3 Å². The van der Waals surface area contributed by atoms with Gasteiger partial charge >= 0.3 is 23.9 Å². The molecule has 6 atom stereocenters. The molecular weight excluding hydrogens is 953 g/mol. The maximum atomic E-state index is 14.3. The van der Waals surface area contributed by atoms with Gasteiger partial charge in [0.1, 0.15) is 36.2 Å². The fourth-order valence-corrected chi connectivity index (χ4v) is 10.5. The summed E-state index contributed by atoms with van der Waals surface area (Å²) in [6.07, 6.45) is -2.37. The first kappa shape index (κ1) is 61.5. The van der Waals surface area contributed by atoms with Crippen molar-refractivity contribution in [3.8, 4) is 23.0 Å². The maximum absolute atomic E-state index is 14.3. The zero-order valence-corrected chi connectivity index (χ0v) is 48.4. The van der Waals surface area contributed by atoms with Crippen LogP contribution in [0.15, 0.2) is 48.5 Å². The van der Waals surface area contributed by atoms with Crippen molar-refractivity contribution < 1.29 is 63.3 Å². The van der Waals surface area contributed by atoms with E-state index in [1.165, 1.54) is 0 Å². The van der Waals surface area contributed by atoms with Gasteiger partial charge in [-0.1, -0.05) is 107 Å². The third kappa shape index (κ3) is 14.7. The molecule has 0 aromatic heterocycles. The minimum Gasteiger partial charge on any atom is -0.508 e. The quantitative estimate of drug-likeness (QED) is 0.0543. The number of ether oxygens (including phenoxy) is 5. The summed E-state index contributed by atoms with van der Waals surface area (Å²) in [5, 5.41) is 42.6. The van der Waals surface area contributed by atoms with Crippen molar-refractivity contribution in [3.63, 3.8) is 0 Å². The Hall–Kier alpha value is -6.08. The Morgan fingerprint density at radius 3 is 0.800 bits per heavy atom. The molecule has 0 saturated heterocycles. The number of hydrogen-bond acceptors (Lipinski definition) is 13. The van der Waals surface area contributed by atoms with E-state index in [9.17, 15) is 39.6 Å². The van der Waals surface area contributed by atoms with Crippen LogP contribution in [0.1, 0.15) is 201 Å². The van der Waals surface area contributed by atoms with Crippen molar-refractivity contribution in [2.45, 2.75) is 196 Å². The van der Waals surface area contributed by atoms with Crippen LogP contribution in [0, 0.1) is 27.7 Å². The number of aromatic hydroxyl groups is 4. The van der Waals surface area contributed by atoms with E-state index < -0.39 is 94.6 Å². The Morgan fingerprint density at radius 2 is 0.587 bits per heavy atom. The molecule has 0 fully saturated rings. The summed E-state index contributed by atoms with van der Waals surface area (Å²) in [5.74, 6) is -5.34. The molecule has 4 N–H and O–H groups in total. The highest BCUT2D eigenvalue weighted by molar-refractivity contribution is 5.81. The van der Waals surface area contributed by atoms with Gasteiger partial charge in [-0.2, -0.15) is 0 Å². The highest BCUT2D eigenvalue weighted by Gasteiger charge is 2.35. The second-order valence-corrected chi connectivity index (χ2v) is 24.5. The number of benzene rings is 4. The molecule has 0 aliphatic carbocycles. The Morgan fingerprint density at radius 1 is 0.373 bits per heavy atom. The van der Waals surface area contributed by atoms with Crippen LogP contribution in [0.25, 0.3) is 0 Å². The molecule has 0 radical (unpaired) electrons. The van der Waals surface area contributed by atoms with Crippen molar-refractivity contribution in [3.05, 3.63) is 115 Å². The molecule has 0 aliphatic rings. The van der Waals surface area contributed by atoms with Crippen LogP contribution in [-0.2, 0) is 64.5 Å². The van der Waals surface area contributed by atoms with Gasteiger partial charge in [-0.15, -0.1) is 0 Å². The lowest BCUT2D eigenvalue weighted by Gasteiger charge is -2.30. The van der Waals surface area contributed by atoms with Crippen molar-refractivity contribution >= 4 is 23.9 Å². The molecule has 412 valence electrons. The molecule has 0 aliphatic heterocycles. The number of rotatable bonds is 18. The fraction of sp³-hybridized carbons (Fsp3) is 0.548. The molecule has 0 bridgehead atoms. The minimum absolute atomic E-state index is 0.0951. The highest BCUT2D eigenvalue weighted by atomic mass is 16.6. The van der Waals surface area contributed by atoms with Gasteiger partial charge in [0.15, 0.2) is 12.2 Å². The van der Waals surface area contributed by atoms with Crippen molar-refractivity contribution in [1.29, 1.82) is 0 Å². The predicted octanol–water partition coefficient (Wildman–Crippen LogP) is 12.4. The number of phenolic OH excluding ortho intramolecular Hbond substituents is 4. The van der Waals surface area contributed by atoms with Gasteiger partial charge in [0.2, 0.25) is 0 Å². The molecule has 6 unspecified atom stereocenters. The van der Waals surface area contributed by atoms with Crippen LogP contribution in [0.5, 0.6) is 23.0 Å². The van der Waals surface area contributed by atoms with Crippen LogP contribution in [0.4, 0.5) is 0 Å². The van der Waals surface area contributed by atoms with Crippen LogP contribution in [0.3, 0.4) is 0 Å². The lowest BCUT2D eigenvalue weighted by Crippen LogP contribution is -2.36. The van der Waals surface area contributed by atoms with Gasteiger partial charge in [0.05, 0.1) is 36.9 Å². The number of esters is 4. The van der Waals surface area contributed by atoms with E-state index in [1.807, 2.05) is 83.1 Å². The summed E-state index contributed by atoms with van der Waals surface area (Å²) in [4.78, 5) is 56.5. The molecule has 0 heterocycles. The first-order chi connectivity index (χ1) is 34.4. The molecule has 0 amide bonds. The first-order valence-corrected chi connectivity index (χ1v) is 26.0. The molecule has 4 rings (SSSR count). The highest BCUT2D eigenvalue weighted by Crippen LogP contribution is 2.42. The molecule has 13 nitrogen and oxygen atoms in total. The van der Waals surface area contributed by atoms with Gasteiger partial charge in [-0.05, 0) is 168 Å². The van der Waals surface area contributed by atoms with E-state index in [4.69, 9.17) is 23.7 Å². The van der Waals surface area contributed by atoms with E-state index >= 15 is 0 Å². The second kappa shape index (κ2) is 23.9. The summed E-state index contributed by atoms with van der Waals surface area (Å²) in [6, 6.07) is 13.0. The van der Waals surface area contributed by atoms with E-state index in [-0.39, 0.29) is 36.2 Å². The number of carbonyl (C=O) groups excluding carboxylic acids is 4. The van der Waals surface area contributed by atoms with E-state index in [1.54, 1.807) is 104 Å². The van der Waals surface area contributed by atoms with Gasteiger partial charge in [0.25, 0.3) is 0 Å².